The lowest BCUT2D eigenvalue weighted by Crippen LogP contribution is -2.52. The fourth-order valence-corrected chi connectivity index (χ4v) is 3.44. The Bertz CT molecular complexity index is 563. The zero-order chi connectivity index (χ0) is 15.8. The summed E-state index contributed by atoms with van der Waals surface area (Å²) >= 11 is 0. The van der Waals surface area contributed by atoms with Gasteiger partial charge in [-0.3, -0.25) is 9.78 Å². The molecule has 0 aromatic carbocycles. The molecule has 22 heavy (non-hydrogen) atoms. The van der Waals surface area contributed by atoms with Gasteiger partial charge >= 0.3 is 6.18 Å². The van der Waals surface area contributed by atoms with E-state index in [1.165, 1.54) is 12.5 Å². The van der Waals surface area contributed by atoms with Crippen LogP contribution in [0.4, 0.5) is 13.2 Å². The number of nitrogens with zero attached hydrogens (tertiary/aromatic N) is 1. The van der Waals surface area contributed by atoms with Crippen molar-refractivity contribution in [3.63, 3.8) is 0 Å². The van der Waals surface area contributed by atoms with Crippen LogP contribution in [0.3, 0.4) is 0 Å². The highest BCUT2D eigenvalue weighted by molar-refractivity contribution is 5.84. The minimum Gasteiger partial charge on any atom is -0.352 e. The molecule has 2 fully saturated rings. The smallest absolute Gasteiger partial charge is 0.352 e. The fraction of sp³-hybridized carbons (Fsp3) is 0.625. The molecule has 3 nitrogen and oxygen atoms in total. The van der Waals surface area contributed by atoms with E-state index in [0.717, 1.165) is 44.4 Å². The maximum atomic E-state index is 12.6. The van der Waals surface area contributed by atoms with E-state index in [1.54, 1.807) is 0 Å². The van der Waals surface area contributed by atoms with Crippen molar-refractivity contribution in [1.82, 2.24) is 10.3 Å². The van der Waals surface area contributed by atoms with Crippen LogP contribution in [0.5, 0.6) is 0 Å². The average molecular weight is 312 g/mol. The molecule has 120 valence electrons. The van der Waals surface area contributed by atoms with E-state index in [-0.39, 0.29) is 17.9 Å². The first-order valence-electron chi connectivity index (χ1n) is 7.72. The molecule has 0 radical (unpaired) electrons. The second kappa shape index (κ2) is 5.56. The Labute approximate surface area is 127 Å². The first-order chi connectivity index (χ1) is 10.4. The fourth-order valence-electron chi connectivity index (χ4n) is 3.44. The molecular weight excluding hydrogens is 293 g/mol. The van der Waals surface area contributed by atoms with E-state index in [4.69, 9.17) is 0 Å². The highest BCUT2D eigenvalue weighted by Gasteiger charge is 2.51. The second-order valence-corrected chi connectivity index (χ2v) is 6.37. The zero-order valence-electron chi connectivity index (χ0n) is 12.2. The molecule has 0 saturated heterocycles. The van der Waals surface area contributed by atoms with Crippen LogP contribution in [0.15, 0.2) is 18.3 Å². The monoisotopic (exact) mass is 312 g/mol. The third-order valence-corrected chi connectivity index (χ3v) is 5.15. The molecule has 1 amide bonds. The number of alkyl halides is 3. The van der Waals surface area contributed by atoms with Crippen molar-refractivity contribution in [2.75, 3.05) is 0 Å². The minimum absolute atomic E-state index is 0.00817. The van der Waals surface area contributed by atoms with Gasteiger partial charge in [-0.25, -0.2) is 0 Å². The number of amides is 1. The van der Waals surface area contributed by atoms with Gasteiger partial charge in [0.15, 0.2) is 0 Å². The quantitative estimate of drug-likeness (QED) is 0.921. The van der Waals surface area contributed by atoms with E-state index in [0.29, 0.717) is 11.5 Å². The standard InChI is InChI=1S/C16H19F3N2O/c17-16(18,19)13-9-11(5-8-20-13)10-21-14(22)15(6-2-7-15)12-3-1-4-12/h5,8-9,12H,1-4,6-7,10H2,(H,21,22). The lowest BCUT2D eigenvalue weighted by Gasteiger charge is -2.50. The summed E-state index contributed by atoms with van der Waals surface area (Å²) in [7, 11) is 0. The number of pyridine rings is 1. The molecule has 0 aliphatic heterocycles. The molecule has 1 N–H and O–H groups in total. The number of carbonyl (C=O) groups excluding carboxylic acids is 1. The summed E-state index contributed by atoms with van der Waals surface area (Å²) in [6.07, 6.45) is 2.94. The molecule has 2 aliphatic carbocycles. The Morgan fingerprint density at radius 3 is 2.55 bits per heavy atom. The summed E-state index contributed by atoms with van der Waals surface area (Å²) in [5, 5.41) is 2.84. The van der Waals surface area contributed by atoms with Gasteiger partial charge < -0.3 is 5.32 Å². The van der Waals surface area contributed by atoms with Crippen LogP contribution < -0.4 is 5.32 Å². The van der Waals surface area contributed by atoms with E-state index in [1.807, 2.05) is 0 Å². The number of hydrogen-bond donors (Lipinski definition) is 1. The molecule has 0 bridgehead atoms. The van der Waals surface area contributed by atoms with E-state index < -0.39 is 11.9 Å². The van der Waals surface area contributed by atoms with Gasteiger partial charge in [0.05, 0.1) is 5.41 Å². The van der Waals surface area contributed by atoms with Gasteiger partial charge in [-0.2, -0.15) is 13.2 Å². The Morgan fingerprint density at radius 1 is 1.32 bits per heavy atom. The van der Waals surface area contributed by atoms with Gasteiger partial charge in [0, 0.05) is 12.7 Å². The van der Waals surface area contributed by atoms with Gasteiger partial charge in [-0.05, 0) is 49.3 Å². The molecular formula is C16H19F3N2O. The molecule has 0 atom stereocenters. The Balaban J connectivity index is 1.64. The summed E-state index contributed by atoms with van der Waals surface area (Å²) in [5.74, 6) is 0.471. The number of rotatable bonds is 4. The van der Waals surface area contributed by atoms with Gasteiger partial charge in [-0.1, -0.05) is 12.8 Å². The predicted octanol–water partition coefficient (Wildman–Crippen LogP) is 3.69. The minimum atomic E-state index is -4.46. The highest BCUT2D eigenvalue weighted by atomic mass is 19.4. The van der Waals surface area contributed by atoms with Gasteiger partial charge in [-0.15, -0.1) is 0 Å². The van der Waals surface area contributed by atoms with Crippen molar-refractivity contribution in [3.05, 3.63) is 29.6 Å². The van der Waals surface area contributed by atoms with Crippen LogP contribution in [-0.4, -0.2) is 10.9 Å². The van der Waals surface area contributed by atoms with Crippen molar-refractivity contribution in [2.24, 2.45) is 11.3 Å². The molecule has 2 aliphatic rings. The summed E-state index contributed by atoms with van der Waals surface area (Å²) in [5.41, 5.74) is -0.742. The topological polar surface area (TPSA) is 42.0 Å². The van der Waals surface area contributed by atoms with Crippen LogP contribution in [-0.2, 0) is 17.5 Å². The van der Waals surface area contributed by atoms with Crippen molar-refractivity contribution in [3.8, 4) is 0 Å². The summed E-state index contributed by atoms with van der Waals surface area (Å²) < 4.78 is 37.9. The van der Waals surface area contributed by atoms with Crippen LogP contribution >= 0.6 is 0 Å². The Morgan fingerprint density at radius 2 is 2.05 bits per heavy atom. The number of hydrogen-bond acceptors (Lipinski definition) is 2. The van der Waals surface area contributed by atoms with Crippen LogP contribution in [0.1, 0.15) is 49.8 Å². The predicted molar refractivity (Wildman–Crippen MR) is 74.7 cm³/mol. The van der Waals surface area contributed by atoms with Crippen molar-refractivity contribution in [1.29, 1.82) is 0 Å². The molecule has 6 heteroatoms. The third kappa shape index (κ3) is 2.71. The highest BCUT2D eigenvalue weighted by Crippen LogP contribution is 2.54. The summed E-state index contributed by atoms with van der Waals surface area (Å²) in [4.78, 5) is 15.8. The average Bonchev–Trinajstić information content (AvgIpc) is 2.37. The first kappa shape index (κ1) is 15.3. The van der Waals surface area contributed by atoms with Gasteiger partial charge in [0.2, 0.25) is 5.91 Å². The molecule has 1 aromatic rings. The zero-order valence-corrected chi connectivity index (χ0v) is 12.2. The normalized spacial score (nSPS) is 20.9. The maximum Gasteiger partial charge on any atom is 0.433 e. The van der Waals surface area contributed by atoms with Crippen LogP contribution in [0, 0.1) is 11.3 Å². The van der Waals surface area contributed by atoms with Gasteiger partial charge in [0.1, 0.15) is 5.69 Å². The molecule has 1 heterocycles. The SMILES string of the molecule is O=C(NCc1ccnc(C(F)(F)F)c1)C1(C2CCC2)CCC1. The van der Waals surface area contributed by atoms with Crippen molar-refractivity contribution < 1.29 is 18.0 Å². The maximum absolute atomic E-state index is 12.6. The Kier molecular flexibility index (Phi) is 3.87. The Hall–Kier alpha value is -1.59. The molecule has 2 saturated carbocycles. The number of carbonyl (C=O) groups is 1. The van der Waals surface area contributed by atoms with Crippen LogP contribution in [0.2, 0.25) is 0 Å². The number of nitrogens with one attached hydrogen (secondary N) is 1. The largest absolute Gasteiger partial charge is 0.433 e. The lowest BCUT2D eigenvalue weighted by atomic mass is 9.54. The first-order valence-corrected chi connectivity index (χ1v) is 7.72. The van der Waals surface area contributed by atoms with E-state index >= 15 is 0 Å². The van der Waals surface area contributed by atoms with Crippen LogP contribution in [0.25, 0.3) is 0 Å². The third-order valence-electron chi connectivity index (χ3n) is 5.15. The summed E-state index contributed by atoms with van der Waals surface area (Å²) in [6.45, 7) is 0.124. The lowest BCUT2D eigenvalue weighted by molar-refractivity contribution is -0.144. The number of aromatic nitrogens is 1. The van der Waals surface area contributed by atoms with Crippen molar-refractivity contribution in [2.45, 2.75) is 51.2 Å². The van der Waals surface area contributed by atoms with Crippen molar-refractivity contribution >= 4 is 5.91 Å². The summed E-state index contributed by atoms with van der Waals surface area (Å²) in [6, 6.07) is 2.50. The molecule has 0 unspecified atom stereocenters. The van der Waals surface area contributed by atoms with E-state index in [9.17, 15) is 18.0 Å². The number of halogens is 3. The molecule has 0 spiro atoms. The van der Waals surface area contributed by atoms with Gasteiger partial charge in [0.25, 0.3) is 0 Å². The molecule has 3 rings (SSSR count). The molecule has 1 aromatic heterocycles. The van der Waals surface area contributed by atoms with E-state index in [2.05, 4.69) is 10.3 Å². The second-order valence-electron chi connectivity index (χ2n) is 6.37.